The van der Waals surface area contributed by atoms with Crippen LogP contribution in [0, 0.1) is 5.92 Å². The standard InChI is InChI=1S/C15H19F2N3O3S/c1-5-10(24(18,21)22)7-6-9(4)11-12(15(11,16)17)14-19-13(8(2)3)20-23-14/h5-8,11-12H,4H2,1-3H3,(H2,18,21,22)/b7-6-,10-5+/t11-,12+/m1/s1. The van der Waals surface area contributed by atoms with E-state index in [1.54, 1.807) is 0 Å². The maximum absolute atomic E-state index is 14.1. The highest BCUT2D eigenvalue weighted by atomic mass is 32.2. The molecule has 0 aromatic carbocycles. The molecule has 0 spiro atoms. The molecule has 9 heteroatoms. The summed E-state index contributed by atoms with van der Waals surface area (Å²) in [5, 5.41) is 8.70. The van der Waals surface area contributed by atoms with Crippen LogP contribution in [0.1, 0.15) is 44.3 Å². The lowest BCUT2D eigenvalue weighted by molar-refractivity contribution is 0.0953. The molecule has 6 nitrogen and oxygen atoms in total. The quantitative estimate of drug-likeness (QED) is 0.787. The number of sulfonamides is 1. The molecule has 132 valence electrons. The molecule has 2 rings (SSSR count). The van der Waals surface area contributed by atoms with Crippen LogP contribution in [0.25, 0.3) is 0 Å². The first-order valence-electron chi connectivity index (χ1n) is 7.27. The maximum Gasteiger partial charge on any atom is 0.268 e. The van der Waals surface area contributed by atoms with Gasteiger partial charge in [0.25, 0.3) is 5.92 Å². The van der Waals surface area contributed by atoms with E-state index in [1.165, 1.54) is 19.1 Å². The zero-order valence-electron chi connectivity index (χ0n) is 13.5. The molecule has 0 unspecified atom stereocenters. The molecule has 1 aromatic heterocycles. The van der Waals surface area contributed by atoms with E-state index >= 15 is 0 Å². The number of hydrogen-bond acceptors (Lipinski definition) is 5. The Balaban J connectivity index is 2.18. The summed E-state index contributed by atoms with van der Waals surface area (Å²) in [5.41, 5.74) is 0.0669. The lowest BCUT2D eigenvalue weighted by atomic mass is 10.1. The van der Waals surface area contributed by atoms with Crippen LogP contribution in [0.5, 0.6) is 0 Å². The third-order valence-corrected chi connectivity index (χ3v) is 4.80. The van der Waals surface area contributed by atoms with Crippen molar-refractivity contribution in [1.82, 2.24) is 10.1 Å². The zero-order valence-corrected chi connectivity index (χ0v) is 14.3. The molecule has 2 atom stereocenters. The second-order valence-electron chi connectivity index (χ2n) is 5.92. The Morgan fingerprint density at radius 2 is 2.04 bits per heavy atom. The topological polar surface area (TPSA) is 99.1 Å². The molecular formula is C15H19F2N3O3S. The zero-order chi connectivity index (χ0) is 18.3. The summed E-state index contributed by atoms with van der Waals surface area (Å²) in [6.45, 7) is 8.73. The highest BCUT2D eigenvalue weighted by Crippen LogP contribution is 2.64. The molecule has 1 fully saturated rings. The van der Waals surface area contributed by atoms with Gasteiger partial charge in [-0.15, -0.1) is 0 Å². The van der Waals surface area contributed by atoms with Gasteiger partial charge in [0.1, 0.15) is 5.92 Å². The van der Waals surface area contributed by atoms with Gasteiger partial charge in [-0.3, -0.25) is 0 Å². The molecule has 2 N–H and O–H groups in total. The van der Waals surface area contributed by atoms with Crippen LogP contribution in [0.15, 0.2) is 39.8 Å². The Hall–Kier alpha value is -1.87. The SMILES string of the molecule is C=C(/C=C\C(=C/C)S(N)(=O)=O)[C@@H]1[C@@H](c2nc(C(C)C)no2)C1(F)F. The Labute approximate surface area is 139 Å². The predicted molar refractivity (Wildman–Crippen MR) is 84.7 cm³/mol. The molecule has 1 heterocycles. The van der Waals surface area contributed by atoms with Crippen LogP contribution < -0.4 is 5.14 Å². The first-order chi connectivity index (χ1) is 11.0. The van der Waals surface area contributed by atoms with Crippen molar-refractivity contribution < 1.29 is 21.7 Å². The van der Waals surface area contributed by atoms with Crippen LogP contribution in [0.4, 0.5) is 8.78 Å². The fourth-order valence-corrected chi connectivity index (χ4v) is 2.94. The normalized spacial score (nSPS) is 23.9. The monoisotopic (exact) mass is 359 g/mol. The minimum atomic E-state index is -3.91. The molecule has 1 aliphatic rings. The number of halogens is 2. The van der Waals surface area contributed by atoms with Crippen molar-refractivity contribution in [3.8, 4) is 0 Å². The van der Waals surface area contributed by atoms with Crippen molar-refractivity contribution >= 4 is 10.0 Å². The fourth-order valence-electron chi connectivity index (χ4n) is 2.35. The summed E-state index contributed by atoms with van der Waals surface area (Å²) >= 11 is 0. The van der Waals surface area contributed by atoms with Gasteiger partial charge in [0.05, 0.1) is 10.8 Å². The van der Waals surface area contributed by atoms with E-state index in [-0.39, 0.29) is 22.3 Å². The van der Waals surface area contributed by atoms with Gasteiger partial charge in [0.2, 0.25) is 15.9 Å². The molecule has 0 bridgehead atoms. The third kappa shape index (κ3) is 3.46. The van der Waals surface area contributed by atoms with Gasteiger partial charge in [-0.05, 0) is 18.6 Å². The lowest BCUT2D eigenvalue weighted by Crippen LogP contribution is -2.13. The molecule has 0 aliphatic heterocycles. The van der Waals surface area contributed by atoms with E-state index in [1.807, 2.05) is 13.8 Å². The van der Waals surface area contributed by atoms with Crippen molar-refractivity contribution in [2.45, 2.75) is 38.5 Å². The average Bonchev–Trinajstić information content (AvgIpc) is 2.84. The summed E-state index contributed by atoms with van der Waals surface area (Å²) in [5.74, 6) is -5.35. The van der Waals surface area contributed by atoms with E-state index in [4.69, 9.17) is 9.66 Å². The van der Waals surface area contributed by atoms with Crippen LogP contribution in [-0.4, -0.2) is 24.5 Å². The van der Waals surface area contributed by atoms with E-state index < -0.39 is 27.8 Å². The second kappa shape index (κ2) is 6.21. The number of rotatable bonds is 6. The van der Waals surface area contributed by atoms with Crippen LogP contribution in [0.3, 0.4) is 0 Å². The van der Waals surface area contributed by atoms with Crippen LogP contribution in [0.2, 0.25) is 0 Å². The average molecular weight is 359 g/mol. The minimum Gasteiger partial charge on any atom is -0.339 e. The predicted octanol–water partition coefficient (Wildman–Crippen LogP) is 2.85. The number of nitrogens with two attached hydrogens (primary N) is 1. The largest absolute Gasteiger partial charge is 0.339 e. The van der Waals surface area contributed by atoms with Crippen molar-refractivity contribution in [1.29, 1.82) is 0 Å². The van der Waals surface area contributed by atoms with E-state index in [2.05, 4.69) is 16.7 Å². The number of primary sulfonamides is 1. The fraction of sp³-hybridized carbons (Fsp3) is 0.467. The summed E-state index contributed by atoms with van der Waals surface area (Å²) in [6, 6.07) is 0. The first-order valence-corrected chi connectivity index (χ1v) is 8.82. The van der Waals surface area contributed by atoms with Gasteiger partial charge in [-0.25, -0.2) is 22.3 Å². The Bertz CT molecular complexity index is 810. The van der Waals surface area contributed by atoms with Gasteiger partial charge in [0, 0.05) is 5.92 Å². The molecule has 24 heavy (non-hydrogen) atoms. The second-order valence-corrected chi connectivity index (χ2v) is 7.48. The number of hydrogen-bond donors (Lipinski definition) is 1. The van der Waals surface area contributed by atoms with Gasteiger partial charge < -0.3 is 4.52 Å². The van der Waals surface area contributed by atoms with E-state index in [9.17, 15) is 17.2 Å². The number of nitrogens with zero attached hydrogens (tertiary/aromatic N) is 2. The van der Waals surface area contributed by atoms with E-state index in [0.717, 1.165) is 6.08 Å². The van der Waals surface area contributed by atoms with Crippen molar-refractivity contribution in [3.63, 3.8) is 0 Å². The van der Waals surface area contributed by atoms with Gasteiger partial charge in [-0.1, -0.05) is 37.7 Å². The summed E-state index contributed by atoms with van der Waals surface area (Å²) in [6.07, 6.45) is 3.64. The first kappa shape index (κ1) is 18.5. The molecule has 1 saturated carbocycles. The Morgan fingerprint density at radius 3 is 2.50 bits per heavy atom. The van der Waals surface area contributed by atoms with Crippen molar-refractivity contribution in [2.75, 3.05) is 0 Å². The number of alkyl halides is 2. The Morgan fingerprint density at radius 1 is 1.42 bits per heavy atom. The maximum atomic E-state index is 14.1. The lowest BCUT2D eigenvalue weighted by Gasteiger charge is -1.99. The summed E-state index contributed by atoms with van der Waals surface area (Å²) < 4.78 is 55.6. The van der Waals surface area contributed by atoms with E-state index in [0.29, 0.717) is 5.82 Å². The molecule has 0 radical (unpaired) electrons. The van der Waals surface area contributed by atoms with Gasteiger partial charge in [-0.2, -0.15) is 4.98 Å². The molecule has 1 aliphatic carbocycles. The Kier molecular flexibility index (Phi) is 4.78. The smallest absolute Gasteiger partial charge is 0.268 e. The minimum absolute atomic E-state index is 0.0385. The van der Waals surface area contributed by atoms with Gasteiger partial charge >= 0.3 is 0 Å². The van der Waals surface area contributed by atoms with Crippen molar-refractivity contribution in [3.05, 3.63) is 47.0 Å². The molecular weight excluding hydrogens is 340 g/mol. The number of allylic oxidation sites excluding steroid dienone is 4. The van der Waals surface area contributed by atoms with Crippen LogP contribution in [-0.2, 0) is 10.0 Å². The molecule has 0 saturated heterocycles. The highest BCUT2D eigenvalue weighted by molar-refractivity contribution is 7.93. The molecule has 0 amide bonds. The van der Waals surface area contributed by atoms with Crippen LogP contribution >= 0.6 is 0 Å². The summed E-state index contributed by atoms with van der Waals surface area (Å²) in [7, 11) is -3.91. The third-order valence-electron chi connectivity index (χ3n) is 3.77. The highest BCUT2D eigenvalue weighted by Gasteiger charge is 2.72. The van der Waals surface area contributed by atoms with Crippen molar-refractivity contribution in [2.24, 2.45) is 11.1 Å². The van der Waals surface area contributed by atoms with Gasteiger partial charge in [0.15, 0.2) is 5.82 Å². The summed E-state index contributed by atoms with van der Waals surface area (Å²) in [4.78, 5) is 3.82. The number of aromatic nitrogens is 2. The molecule has 1 aromatic rings.